The summed E-state index contributed by atoms with van der Waals surface area (Å²) in [5, 5.41) is 8.25. The highest BCUT2D eigenvalue weighted by Gasteiger charge is 2.24. The summed E-state index contributed by atoms with van der Waals surface area (Å²) in [4.78, 5) is 2.36. The quantitative estimate of drug-likeness (QED) is 0.869. The van der Waals surface area contributed by atoms with E-state index in [0.29, 0.717) is 5.92 Å². The van der Waals surface area contributed by atoms with Crippen LogP contribution in [-0.2, 0) is 18.3 Å². The van der Waals surface area contributed by atoms with E-state index in [1.165, 1.54) is 37.1 Å². The van der Waals surface area contributed by atoms with Crippen molar-refractivity contribution in [3.8, 4) is 0 Å². The van der Waals surface area contributed by atoms with Crippen LogP contribution in [0.3, 0.4) is 0 Å². The molecule has 0 aromatic carbocycles. The van der Waals surface area contributed by atoms with Crippen molar-refractivity contribution in [3.05, 3.63) is 11.3 Å². The van der Waals surface area contributed by atoms with Gasteiger partial charge in [-0.15, -0.1) is 0 Å². The molecule has 3 rings (SSSR count). The van der Waals surface area contributed by atoms with Crippen molar-refractivity contribution in [3.63, 3.8) is 0 Å². The van der Waals surface area contributed by atoms with Crippen molar-refractivity contribution in [1.29, 1.82) is 0 Å². The van der Waals surface area contributed by atoms with Gasteiger partial charge in [-0.05, 0) is 38.5 Å². The number of nitrogens with zero attached hydrogens (tertiary/aromatic N) is 3. The standard InChI is InChI=1S/C16H28N4O/c1-12-15(9-17-14-6-7-14)16(20(3)18-12)19(2)10-13-5-4-8-21-11-13/h13-14,17H,4-11H2,1-3H3. The number of hydrogen-bond acceptors (Lipinski definition) is 4. The smallest absolute Gasteiger partial charge is 0.131 e. The van der Waals surface area contributed by atoms with E-state index in [4.69, 9.17) is 4.74 Å². The Morgan fingerprint density at radius 3 is 2.86 bits per heavy atom. The van der Waals surface area contributed by atoms with E-state index in [2.05, 4.69) is 36.3 Å². The largest absolute Gasteiger partial charge is 0.381 e. The molecule has 1 aromatic rings. The van der Waals surface area contributed by atoms with Crippen LogP contribution in [0.5, 0.6) is 0 Å². The molecule has 0 amide bonds. The summed E-state index contributed by atoms with van der Waals surface area (Å²) in [6, 6.07) is 0.731. The van der Waals surface area contributed by atoms with Crippen molar-refractivity contribution in [2.75, 3.05) is 31.7 Å². The molecule has 1 N–H and O–H groups in total. The van der Waals surface area contributed by atoms with Gasteiger partial charge in [-0.3, -0.25) is 4.68 Å². The van der Waals surface area contributed by atoms with E-state index in [-0.39, 0.29) is 0 Å². The van der Waals surface area contributed by atoms with Gasteiger partial charge in [0.05, 0.1) is 12.3 Å². The number of ether oxygens (including phenoxy) is 1. The Morgan fingerprint density at radius 2 is 2.19 bits per heavy atom. The van der Waals surface area contributed by atoms with Gasteiger partial charge in [-0.1, -0.05) is 0 Å². The Balaban J connectivity index is 1.69. The van der Waals surface area contributed by atoms with Crippen LogP contribution in [0, 0.1) is 12.8 Å². The van der Waals surface area contributed by atoms with Gasteiger partial charge in [0.25, 0.3) is 0 Å². The molecule has 1 saturated carbocycles. The Morgan fingerprint density at radius 1 is 1.38 bits per heavy atom. The number of aromatic nitrogens is 2. The SMILES string of the molecule is Cc1nn(C)c(N(C)CC2CCCOC2)c1CNC1CC1. The van der Waals surface area contributed by atoms with Crippen LogP contribution in [-0.4, -0.2) is 42.6 Å². The normalized spacial score (nSPS) is 22.5. The van der Waals surface area contributed by atoms with E-state index < -0.39 is 0 Å². The molecule has 0 spiro atoms. The Bertz CT molecular complexity index is 475. The average Bonchev–Trinajstić information content (AvgIpc) is 3.23. The van der Waals surface area contributed by atoms with Crippen LogP contribution >= 0.6 is 0 Å². The summed E-state index contributed by atoms with van der Waals surface area (Å²) in [5.41, 5.74) is 2.50. The highest BCUT2D eigenvalue weighted by molar-refractivity contribution is 5.49. The van der Waals surface area contributed by atoms with Gasteiger partial charge in [0.1, 0.15) is 5.82 Å². The zero-order valence-corrected chi connectivity index (χ0v) is 13.6. The van der Waals surface area contributed by atoms with Crippen molar-refractivity contribution in [2.45, 2.75) is 45.2 Å². The second-order valence-corrected chi connectivity index (χ2v) is 6.63. The lowest BCUT2D eigenvalue weighted by molar-refractivity contribution is 0.0575. The molecule has 0 radical (unpaired) electrons. The minimum Gasteiger partial charge on any atom is -0.381 e. The lowest BCUT2D eigenvalue weighted by Gasteiger charge is -2.29. The van der Waals surface area contributed by atoms with E-state index in [0.717, 1.165) is 38.0 Å². The maximum Gasteiger partial charge on any atom is 0.131 e. The van der Waals surface area contributed by atoms with Crippen LogP contribution in [0.15, 0.2) is 0 Å². The molecular weight excluding hydrogens is 264 g/mol. The minimum atomic E-state index is 0.642. The first-order valence-electron chi connectivity index (χ1n) is 8.20. The van der Waals surface area contributed by atoms with Crippen molar-refractivity contribution in [1.82, 2.24) is 15.1 Å². The fourth-order valence-electron chi connectivity index (χ4n) is 3.33. The van der Waals surface area contributed by atoms with Crippen LogP contribution in [0.2, 0.25) is 0 Å². The zero-order chi connectivity index (χ0) is 14.8. The lowest BCUT2D eigenvalue weighted by atomic mass is 10.0. The monoisotopic (exact) mass is 292 g/mol. The third kappa shape index (κ3) is 3.58. The third-order valence-corrected chi connectivity index (χ3v) is 4.61. The summed E-state index contributed by atoms with van der Waals surface area (Å²) < 4.78 is 7.64. The van der Waals surface area contributed by atoms with Gasteiger partial charge >= 0.3 is 0 Å². The molecule has 1 unspecified atom stereocenters. The molecule has 1 aromatic heterocycles. The van der Waals surface area contributed by atoms with Crippen LogP contribution in [0.4, 0.5) is 5.82 Å². The van der Waals surface area contributed by atoms with Gasteiger partial charge in [0.2, 0.25) is 0 Å². The molecule has 1 aliphatic heterocycles. The Kier molecular flexibility index (Phi) is 4.50. The van der Waals surface area contributed by atoms with Gasteiger partial charge in [-0.25, -0.2) is 0 Å². The lowest BCUT2D eigenvalue weighted by Crippen LogP contribution is -2.32. The fourth-order valence-corrected chi connectivity index (χ4v) is 3.33. The number of aryl methyl sites for hydroxylation is 2. The summed E-state index contributed by atoms with van der Waals surface area (Å²) in [5.74, 6) is 1.90. The topological polar surface area (TPSA) is 42.3 Å². The number of rotatable bonds is 6. The molecule has 1 aliphatic carbocycles. The molecule has 1 saturated heterocycles. The molecule has 21 heavy (non-hydrogen) atoms. The molecule has 118 valence electrons. The fraction of sp³-hybridized carbons (Fsp3) is 0.812. The Hall–Kier alpha value is -1.07. The van der Waals surface area contributed by atoms with Gasteiger partial charge in [0, 0.05) is 45.4 Å². The second kappa shape index (κ2) is 6.36. The predicted molar refractivity (Wildman–Crippen MR) is 84.6 cm³/mol. The molecule has 0 bridgehead atoms. The summed E-state index contributed by atoms with van der Waals surface area (Å²) in [7, 11) is 4.24. The highest BCUT2D eigenvalue weighted by atomic mass is 16.5. The minimum absolute atomic E-state index is 0.642. The zero-order valence-electron chi connectivity index (χ0n) is 13.6. The first-order valence-corrected chi connectivity index (χ1v) is 8.20. The van der Waals surface area contributed by atoms with Crippen LogP contribution < -0.4 is 10.2 Å². The third-order valence-electron chi connectivity index (χ3n) is 4.61. The van der Waals surface area contributed by atoms with Crippen molar-refractivity contribution < 1.29 is 4.74 Å². The molecule has 5 heteroatoms. The van der Waals surface area contributed by atoms with Gasteiger partial charge in [0.15, 0.2) is 0 Å². The molecule has 2 heterocycles. The number of hydrogen-bond donors (Lipinski definition) is 1. The average molecular weight is 292 g/mol. The molecule has 5 nitrogen and oxygen atoms in total. The molecular formula is C16H28N4O. The molecule has 2 fully saturated rings. The molecule has 2 aliphatic rings. The maximum atomic E-state index is 5.61. The highest BCUT2D eigenvalue weighted by Crippen LogP contribution is 2.26. The number of anilines is 1. The van der Waals surface area contributed by atoms with Gasteiger partial charge in [-0.2, -0.15) is 5.10 Å². The summed E-state index contributed by atoms with van der Waals surface area (Å²) in [6.07, 6.45) is 5.11. The van der Waals surface area contributed by atoms with E-state index in [9.17, 15) is 0 Å². The summed E-state index contributed by atoms with van der Waals surface area (Å²) in [6.45, 7) is 5.93. The van der Waals surface area contributed by atoms with Gasteiger partial charge < -0.3 is 15.0 Å². The van der Waals surface area contributed by atoms with E-state index >= 15 is 0 Å². The molecule has 1 atom stereocenters. The van der Waals surface area contributed by atoms with Crippen LogP contribution in [0.25, 0.3) is 0 Å². The Labute approximate surface area is 127 Å². The van der Waals surface area contributed by atoms with E-state index in [1.807, 2.05) is 4.68 Å². The predicted octanol–water partition coefficient (Wildman–Crippen LogP) is 1.84. The number of nitrogens with one attached hydrogen (secondary N) is 1. The van der Waals surface area contributed by atoms with Crippen molar-refractivity contribution >= 4 is 5.82 Å². The first-order chi connectivity index (χ1) is 10.1. The summed E-state index contributed by atoms with van der Waals surface area (Å²) >= 11 is 0. The first kappa shape index (κ1) is 14.9. The van der Waals surface area contributed by atoms with E-state index in [1.54, 1.807) is 0 Å². The van der Waals surface area contributed by atoms with Crippen LogP contribution in [0.1, 0.15) is 36.9 Å². The second-order valence-electron chi connectivity index (χ2n) is 6.63. The maximum absolute atomic E-state index is 5.61. The van der Waals surface area contributed by atoms with Crippen molar-refractivity contribution in [2.24, 2.45) is 13.0 Å².